The molecule has 0 aromatic heterocycles. The molecule has 4 heterocycles. The summed E-state index contributed by atoms with van der Waals surface area (Å²) in [6.07, 6.45) is 0. The van der Waals surface area contributed by atoms with Crippen molar-refractivity contribution < 1.29 is 27.0 Å². The van der Waals surface area contributed by atoms with E-state index in [1.54, 1.807) is 17.0 Å². The van der Waals surface area contributed by atoms with Gasteiger partial charge in [0.1, 0.15) is 17.2 Å². The van der Waals surface area contributed by atoms with Gasteiger partial charge in [-0.15, -0.1) is 0 Å². The van der Waals surface area contributed by atoms with Crippen LogP contribution in [0, 0.1) is 23.3 Å². The van der Waals surface area contributed by atoms with E-state index in [1.165, 1.54) is 6.07 Å². The molecule has 7 aromatic rings. The topological polar surface area (TPSA) is 24.9 Å². The van der Waals surface area contributed by atoms with E-state index in [4.69, 9.17) is 9.47 Å². The molecule has 52 heavy (non-hydrogen) atoms. The molecule has 0 atom stereocenters. The van der Waals surface area contributed by atoms with Crippen LogP contribution in [0.2, 0.25) is 0 Å². The average Bonchev–Trinajstić information content (AvgIpc) is 3.18. The lowest BCUT2D eigenvalue weighted by Gasteiger charge is -2.45. The fourth-order valence-electron chi connectivity index (χ4n) is 8.58. The Kier molecular flexibility index (Phi) is 5.95. The zero-order valence-corrected chi connectivity index (χ0v) is 27.1. The number of nitrogens with zero attached hydrogens (tertiary/aromatic N) is 2. The molecule has 11 rings (SSSR count). The molecule has 4 nitrogen and oxygen atoms in total. The normalized spacial score (nSPS) is 13.9. The van der Waals surface area contributed by atoms with Crippen molar-refractivity contribution in [3.8, 4) is 23.0 Å². The van der Waals surface area contributed by atoms with Gasteiger partial charge in [-0.2, -0.15) is 4.39 Å². The summed E-state index contributed by atoms with van der Waals surface area (Å²) in [6.45, 7) is -1.09. The Bertz CT molecular complexity index is 2680. The number of anilines is 6. The van der Waals surface area contributed by atoms with Gasteiger partial charge in [0.25, 0.3) is 13.4 Å². The molecule has 0 unspecified atom stereocenters. The van der Waals surface area contributed by atoms with Crippen LogP contribution in [0.25, 0.3) is 0 Å². The SMILES string of the molecule is Fc1cc2c3c(c1F)Oc1ccccc1B3c1cc3c(cc1O2)N(c1ccccc1)c1cc(F)c(F)c2c1B3c1ccccc1N2c1ccccc1. The molecule has 0 N–H and O–H groups in total. The zero-order chi connectivity index (χ0) is 34.8. The predicted octanol–water partition coefficient (Wildman–Crippen LogP) is 7.05. The summed E-state index contributed by atoms with van der Waals surface area (Å²) < 4.78 is 75.7. The summed E-state index contributed by atoms with van der Waals surface area (Å²) in [7, 11) is 0. The van der Waals surface area contributed by atoms with E-state index in [2.05, 4.69) is 0 Å². The summed E-state index contributed by atoms with van der Waals surface area (Å²) >= 11 is 0. The maximum Gasteiger partial charge on any atom is 0.260 e. The summed E-state index contributed by atoms with van der Waals surface area (Å²) in [5, 5.41) is 0. The van der Waals surface area contributed by atoms with Crippen molar-refractivity contribution in [2.45, 2.75) is 0 Å². The fraction of sp³-hybridized carbons (Fsp3) is 0. The number of halogens is 4. The maximum atomic E-state index is 16.6. The molecule has 0 saturated carbocycles. The Morgan fingerprint density at radius 2 is 1.06 bits per heavy atom. The first kappa shape index (κ1) is 29.3. The molecule has 246 valence electrons. The van der Waals surface area contributed by atoms with Gasteiger partial charge in [0.05, 0.1) is 5.69 Å². The molecule has 0 spiro atoms. The molecule has 0 saturated heterocycles. The number of fused-ring (bicyclic) bond motifs is 8. The van der Waals surface area contributed by atoms with E-state index >= 15 is 17.6 Å². The minimum Gasteiger partial charge on any atom is -0.458 e. The van der Waals surface area contributed by atoms with E-state index < -0.39 is 36.7 Å². The second kappa shape index (κ2) is 10.6. The molecule has 7 aromatic carbocycles. The highest BCUT2D eigenvalue weighted by Gasteiger charge is 2.48. The number of benzene rings is 7. The molecule has 4 aliphatic rings. The number of para-hydroxylation sites is 4. The third-order valence-electron chi connectivity index (χ3n) is 10.6. The van der Waals surface area contributed by atoms with Crippen LogP contribution < -0.4 is 52.1 Å². The third-order valence-corrected chi connectivity index (χ3v) is 10.6. The lowest BCUT2D eigenvalue weighted by Crippen LogP contribution is -2.64. The van der Waals surface area contributed by atoms with Crippen molar-refractivity contribution in [3.05, 3.63) is 157 Å². The fourth-order valence-corrected chi connectivity index (χ4v) is 8.58. The second-order valence-corrected chi connectivity index (χ2v) is 13.3. The van der Waals surface area contributed by atoms with Crippen LogP contribution >= 0.6 is 0 Å². The number of hydrogen-bond donors (Lipinski definition) is 0. The van der Waals surface area contributed by atoms with Crippen LogP contribution in [0.1, 0.15) is 0 Å². The molecule has 0 amide bonds. The predicted molar refractivity (Wildman–Crippen MR) is 198 cm³/mol. The first-order valence-electron chi connectivity index (χ1n) is 16.9. The average molecular weight is 684 g/mol. The van der Waals surface area contributed by atoms with Gasteiger partial charge in [-0.1, -0.05) is 78.9 Å². The van der Waals surface area contributed by atoms with Gasteiger partial charge in [0, 0.05) is 52.1 Å². The van der Waals surface area contributed by atoms with Crippen molar-refractivity contribution in [3.63, 3.8) is 0 Å². The molecular weight excluding hydrogens is 662 g/mol. The Morgan fingerprint density at radius 3 is 1.83 bits per heavy atom. The minimum absolute atomic E-state index is 0.132. The van der Waals surface area contributed by atoms with Crippen molar-refractivity contribution in [2.75, 3.05) is 9.80 Å². The van der Waals surface area contributed by atoms with Gasteiger partial charge in [-0.05, 0) is 63.7 Å². The Hall–Kier alpha value is -6.41. The van der Waals surface area contributed by atoms with E-state index in [9.17, 15) is 0 Å². The van der Waals surface area contributed by atoms with Crippen LogP contribution in [0.4, 0.5) is 51.7 Å². The van der Waals surface area contributed by atoms with Gasteiger partial charge in [-0.3, -0.25) is 0 Å². The number of ether oxygens (including phenoxy) is 2. The highest BCUT2D eigenvalue weighted by Crippen LogP contribution is 2.47. The standard InChI is InChI=1S/C42H22B2F4N2O2/c45-29-20-33-37-41(39(29)47)50(24-13-5-2-6-14-24)31-17-9-7-15-25(31)43(37)27-19-28-35(22-32(27)49(33)23-11-3-1-4-12-23)51-36-21-30(46)40(48)42-38(36)44(28)26-16-8-10-18-34(26)52-42/h1-22H. The van der Waals surface area contributed by atoms with Crippen LogP contribution in [-0.4, -0.2) is 13.4 Å². The molecule has 4 aliphatic heterocycles. The van der Waals surface area contributed by atoms with Crippen molar-refractivity contribution in [1.29, 1.82) is 0 Å². The maximum absolute atomic E-state index is 16.6. The molecule has 0 bridgehead atoms. The van der Waals surface area contributed by atoms with Crippen molar-refractivity contribution in [2.24, 2.45) is 0 Å². The molecule has 0 aliphatic carbocycles. The van der Waals surface area contributed by atoms with Gasteiger partial charge >= 0.3 is 0 Å². The van der Waals surface area contributed by atoms with Crippen LogP contribution in [0.5, 0.6) is 23.0 Å². The highest BCUT2D eigenvalue weighted by atomic mass is 19.2. The van der Waals surface area contributed by atoms with Crippen LogP contribution in [0.15, 0.2) is 133 Å². The molecule has 10 heteroatoms. The van der Waals surface area contributed by atoms with Gasteiger partial charge in [0.15, 0.2) is 23.2 Å². The quantitative estimate of drug-likeness (QED) is 0.144. The van der Waals surface area contributed by atoms with E-state index in [0.29, 0.717) is 39.5 Å². The summed E-state index contributed by atoms with van der Waals surface area (Å²) in [4.78, 5) is 3.73. The van der Waals surface area contributed by atoms with Crippen molar-refractivity contribution in [1.82, 2.24) is 0 Å². The minimum atomic E-state index is -1.09. The number of hydrogen-bond acceptors (Lipinski definition) is 4. The third kappa shape index (κ3) is 3.83. The first-order valence-corrected chi connectivity index (χ1v) is 16.9. The molecule has 0 fully saturated rings. The van der Waals surface area contributed by atoms with Gasteiger partial charge in [-0.25, -0.2) is 13.2 Å². The smallest absolute Gasteiger partial charge is 0.260 e. The summed E-state index contributed by atoms with van der Waals surface area (Å²) in [5.41, 5.74) is 7.66. The van der Waals surface area contributed by atoms with Gasteiger partial charge < -0.3 is 19.3 Å². The van der Waals surface area contributed by atoms with Crippen LogP contribution in [0.3, 0.4) is 0 Å². The second-order valence-electron chi connectivity index (χ2n) is 13.3. The van der Waals surface area contributed by atoms with E-state index in [1.807, 2.05) is 114 Å². The summed E-state index contributed by atoms with van der Waals surface area (Å²) in [5.74, 6) is -3.30. The monoisotopic (exact) mass is 684 g/mol. The lowest BCUT2D eigenvalue weighted by atomic mass is 9.31. The Morgan fingerprint density at radius 1 is 0.423 bits per heavy atom. The largest absolute Gasteiger partial charge is 0.458 e. The highest BCUT2D eigenvalue weighted by molar-refractivity contribution is 7.02. The van der Waals surface area contributed by atoms with Crippen molar-refractivity contribution >= 4 is 80.3 Å². The molecule has 0 radical (unpaired) electrons. The van der Waals surface area contributed by atoms with E-state index in [0.717, 1.165) is 39.3 Å². The Balaban J connectivity index is 1.25. The van der Waals surface area contributed by atoms with E-state index in [-0.39, 0.29) is 17.2 Å². The summed E-state index contributed by atoms with van der Waals surface area (Å²) in [6, 6.07) is 40.3. The Labute approximate surface area is 296 Å². The molecular formula is C42H22B2F4N2O2. The van der Waals surface area contributed by atoms with Crippen LogP contribution in [-0.2, 0) is 0 Å². The number of rotatable bonds is 2. The zero-order valence-electron chi connectivity index (χ0n) is 27.1. The van der Waals surface area contributed by atoms with Gasteiger partial charge in [0.2, 0.25) is 5.82 Å². The first-order chi connectivity index (χ1) is 25.5. The lowest BCUT2D eigenvalue weighted by molar-refractivity contribution is 0.407.